The van der Waals surface area contributed by atoms with E-state index in [0.717, 1.165) is 45.6 Å². The fourth-order valence-corrected chi connectivity index (χ4v) is 5.67. The van der Waals surface area contributed by atoms with Crippen molar-refractivity contribution in [3.63, 3.8) is 0 Å². The fourth-order valence-electron chi connectivity index (χ4n) is 5.67. The number of piperazine rings is 1. The van der Waals surface area contributed by atoms with Crippen molar-refractivity contribution in [1.29, 1.82) is 5.26 Å². The number of amides is 1. The van der Waals surface area contributed by atoms with Gasteiger partial charge >= 0.3 is 0 Å². The van der Waals surface area contributed by atoms with Gasteiger partial charge in [-0.05, 0) is 58.1 Å². The molecule has 0 spiro atoms. The van der Waals surface area contributed by atoms with Crippen molar-refractivity contribution in [3.05, 3.63) is 29.6 Å². The number of aromatic nitrogens is 1. The molecule has 2 unspecified atom stereocenters. The minimum absolute atomic E-state index is 0.222. The zero-order valence-electron chi connectivity index (χ0n) is 20.4. The average molecular weight is 442 g/mol. The van der Waals surface area contributed by atoms with Crippen LogP contribution in [0, 0.1) is 17.2 Å². The monoisotopic (exact) mass is 441 g/mol. The van der Waals surface area contributed by atoms with Crippen LogP contribution in [0.4, 0.5) is 0 Å². The van der Waals surface area contributed by atoms with Gasteiger partial charge < -0.3 is 15.4 Å². The molecule has 176 valence electrons. The summed E-state index contributed by atoms with van der Waals surface area (Å²) in [6, 6.07) is 7.36. The first-order chi connectivity index (χ1) is 15.0. The van der Waals surface area contributed by atoms with Gasteiger partial charge in [0.2, 0.25) is 5.91 Å². The van der Waals surface area contributed by atoms with Gasteiger partial charge in [0.1, 0.15) is 11.8 Å². The van der Waals surface area contributed by atoms with E-state index in [4.69, 9.17) is 10.5 Å². The number of primary amides is 1. The molecule has 2 aliphatic heterocycles. The lowest BCUT2D eigenvalue weighted by atomic mass is 9.67. The lowest BCUT2D eigenvalue weighted by molar-refractivity contribution is -0.142. The Kier molecular flexibility index (Phi) is 7.28. The molecule has 3 rings (SSSR count). The lowest BCUT2D eigenvalue weighted by Gasteiger charge is -2.55. The van der Waals surface area contributed by atoms with E-state index in [2.05, 4.69) is 48.5 Å². The molecular formula is C25H39N5O2. The summed E-state index contributed by atoms with van der Waals surface area (Å²) in [5.74, 6) is 0.247. The Hall–Kier alpha value is -2.01. The third kappa shape index (κ3) is 5.31. The van der Waals surface area contributed by atoms with Crippen LogP contribution in [-0.2, 0) is 14.9 Å². The van der Waals surface area contributed by atoms with Gasteiger partial charge in [0.25, 0.3) is 0 Å². The van der Waals surface area contributed by atoms with Crippen LogP contribution in [0.2, 0.25) is 0 Å². The van der Waals surface area contributed by atoms with E-state index in [9.17, 15) is 10.1 Å². The maximum atomic E-state index is 12.9. The maximum absolute atomic E-state index is 12.9. The summed E-state index contributed by atoms with van der Waals surface area (Å²) in [5, 5.41) is 9.34. The van der Waals surface area contributed by atoms with Crippen LogP contribution in [-0.4, -0.2) is 71.2 Å². The predicted octanol–water partition coefficient (Wildman–Crippen LogP) is 2.69. The summed E-state index contributed by atoms with van der Waals surface area (Å²) in [4.78, 5) is 22.5. The van der Waals surface area contributed by atoms with Crippen LogP contribution in [0.15, 0.2) is 18.2 Å². The van der Waals surface area contributed by atoms with Crippen LogP contribution in [0.5, 0.6) is 0 Å². The lowest BCUT2D eigenvalue weighted by Crippen LogP contribution is -2.64. The molecule has 0 aliphatic carbocycles. The SMILES string of the molecule is CC(C)CN1CCN(C2(CC(C)(C(N)=O)c3cccc(C#N)n3)CCOC(C)(C)C2)CC1. The summed E-state index contributed by atoms with van der Waals surface area (Å²) < 4.78 is 6.09. The Morgan fingerprint density at radius 1 is 1.31 bits per heavy atom. The van der Waals surface area contributed by atoms with E-state index in [0.29, 0.717) is 30.3 Å². The van der Waals surface area contributed by atoms with Gasteiger partial charge in [-0.25, -0.2) is 4.98 Å². The standard InChI is InChI=1S/C25H39N5O2/c1-19(2)16-29-10-12-30(13-11-29)25(9-14-32-23(3,4)17-25)18-24(5,22(27)31)21-8-6-7-20(15-26)28-21/h6-8,19H,9-14,16-18H2,1-5H3,(H2,27,31). The molecule has 7 nitrogen and oxygen atoms in total. The Bertz CT molecular complexity index is 856. The molecule has 2 N–H and O–H groups in total. The van der Waals surface area contributed by atoms with Crippen LogP contribution in [0.1, 0.15) is 65.3 Å². The molecule has 0 radical (unpaired) electrons. The zero-order chi connectivity index (χ0) is 23.6. The highest BCUT2D eigenvalue weighted by Crippen LogP contribution is 2.45. The normalized spacial score (nSPS) is 26.4. The van der Waals surface area contributed by atoms with E-state index in [1.165, 1.54) is 0 Å². The third-order valence-electron chi connectivity index (χ3n) is 7.14. The van der Waals surface area contributed by atoms with Crippen LogP contribution >= 0.6 is 0 Å². The smallest absolute Gasteiger partial charge is 0.229 e. The Balaban J connectivity index is 1.95. The number of hydrogen-bond acceptors (Lipinski definition) is 6. The first kappa shape index (κ1) is 24.6. The number of hydrogen-bond donors (Lipinski definition) is 1. The summed E-state index contributed by atoms with van der Waals surface area (Å²) in [6.07, 6.45) is 2.24. The molecule has 1 aromatic heterocycles. The minimum atomic E-state index is -0.977. The molecule has 0 bridgehead atoms. The van der Waals surface area contributed by atoms with Crippen molar-refractivity contribution in [1.82, 2.24) is 14.8 Å². The fraction of sp³-hybridized carbons (Fsp3) is 0.720. The number of rotatable bonds is 7. The number of pyridine rings is 1. The highest BCUT2D eigenvalue weighted by molar-refractivity contribution is 5.86. The van der Waals surface area contributed by atoms with Gasteiger partial charge in [0.15, 0.2) is 0 Å². The largest absolute Gasteiger partial charge is 0.375 e. The van der Waals surface area contributed by atoms with Crippen molar-refractivity contribution < 1.29 is 9.53 Å². The quantitative estimate of drug-likeness (QED) is 0.699. The zero-order valence-corrected chi connectivity index (χ0v) is 20.4. The van der Waals surface area contributed by atoms with Crippen molar-refractivity contribution in [2.75, 3.05) is 39.3 Å². The van der Waals surface area contributed by atoms with Gasteiger partial charge in [-0.3, -0.25) is 9.69 Å². The van der Waals surface area contributed by atoms with Crippen molar-refractivity contribution in [3.8, 4) is 6.07 Å². The molecule has 32 heavy (non-hydrogen) atoms. The Morgan fingerprint density at radius 3 is 2.56 bits per heavy atom. The molecule has 2 atom stereocenters. The maximum Gasteiger partial charge on any atom is 0.229 e. The summed E-state index contributed by atoms with van der Waals surface area (Å²) in [6.45, 7) is 16.4. The number of carbonyl (C=O) groups is 1. The van der Waals surface area contributed by atoms with Gasteiger partial charge in [-0.1, -0.05) is 19.9 Å². The van der Waals surface area contributed by atoms with E-state index in [-0.39, 0.29) is 11.1 Å². The number of ether oxygens (including phenoxy) is 1. The summed E-state index contributed by atoms with van der Waals surface area (Å²) in [7, 11) is 0. The second kappa shape index (κ2) is 9.46. The number of nitrogens with two attached hydrogens (primary N) is 1. The topological polar surface area (TPSA) is 95.5 Å². The second-order valence-corrected chi connectivity index (χ2v) is 10.8. The molecule has 3 heterocycles. The Labute approximate surface area is 192 Å². The van der Waals surface area contributed by atoms with Crippen molar-refractivity contribution in [2.24, 2.45) is 11.7 Å². The van der Waals surface area contributed by atoms with Gasteiger partial charge in [-0.15, -0.1) is 0 Å². The average Bonchev–Trinajstić information content (AvgIpc) is 2.73. The first-order valence-electron chi connectivity index (χ1n) is 11.8. The first-order valence-corrected chi connectivity index (χ1v) is 11.8. The van der Waals surface area contributed by atoms with Crippen LogP contribution < -0.4 is 5.73 Å². The van der Waals surface area contributed by atoms with E-state index < -0.39 is 11.3 Å². The molecule has 0 saturated carbocycles. The van der Waals surface area contributed by atoms with Gasteiger partial charge in [0, 0.05) is 44.9 Å². The van der Waals surface area contributed by atoms with Crippen molar-refractivity contribution in [2.45, 2.75) is 70.4 Å². The molecule has 2 aliphatic rings. The van der Waals surface area contributed by atoms with Gasteiger partial charge in [0.05, 0.1) is 16.7 Å². The second-order valence-electron chi connectivity index (χ2n) is 10.8. The number of nitriles is 1. The van der Waals surface area contributed by atoms with Crippen molar-refractivity contribution >= 4 is 5.91 Å². The molecule has 2 fully saturated rings. The summed E-state index contributed by atoms with van der Waals surface area (Å²) >= 11 is 0. The van der Waals surface area contributed by atoms with E-state index >= 15 is 0 Å². The number of nitrogens with zero attached hydrogens (tertiary/aromatic N) is 4. The third-order valence-corrected chi connectivity index (χ3v) is 7.14. The molecule has 1 amide bonds. The highest BCUT2D eigenvalue weighted by Gasteiger charge is 2.51. The molecule has 2 saturated heterocycles. The van der Waals surface area contributed by atoms with E-state index in [1.54, 1.807) is 12.1 Å². The van der Waals surface area contributed by atoms with Crippen LogP contribution in [0.3, 0.4) is 0 Å². The minimum Gasteiger partial charge on any atom is -0.375 e. The molecular weight excluding hydrogens is 402 g/mol. The van der Waals surface area contributed by atoms with Gasteiger partial charge in [-0.2, -0.15) is 5.26 Å². The van der Waals surface area contributed by atoms with Crippen LogP contribution in [0.25, 0.3) is 0 Å². The molecule has 1 aromatic rings. The highest BCUT2D eigenvalue weighted by atomic mass is 16.5. The summed E-state index contributed by atoms with van der Waals surface area (Å²) in [5.41, 5.74) is 5.42. The Morgan fingerprint density at radius 2 is 2.00 bits per heavy atom. The van der Waals surface area contributed by atoms with E-state index in [1.807, 2.05) is 13.0 Å². The predicted molar refractivity (Wildman–Crippen MR) is 125 cm³/mol. The number of carbonyl (C=O) groups excluding carboxylic acids is 1. The molecule has 0 aromatic carbocycles. The molecule has 7 heteroatoms.